The lowest BCUT2D eigenvalue weighted by atomic mass is 10.0. The first-order valence-corrected chi connectivity index (χ1v) is 7.41. The van der Waals surface area contributed by atoms with Crippen LogP contribution in [0.25, 0.3) is 10.8 Å². The van der Waals surface area contributed by atoms with Gasteiger partial charge in [0.25, 0.3) is 0 Å². The number of hydrogen-bond acceptors (Lipinski definition) is 3. The van der Waals surface area contributed by atoms with Crippen molar-refractivity contribution in [3.63, 3.8) is 0 Å². The van der Waals surface area contributed by atoms with Gasteiger partial charge in [0.1, 0.15) is 5.75 Å². The van der Waals surface area contributed by atoms with Gasteiger partial charge in [-0.15, -0.1) is 11.3 Å². The van der Waals surface area contributed by atoms with Crippen molar-refractivity contribution in [1.82, 2.24) is 0 Å². The summed E-state index contributed by atoms with van der Waals surface area (Å²) in [4.78, 5) is 5.80. The molecule has 100 valence electrons. The summed E-state index contributed by atoms with van der Waals surface area (Å²) >= 11 is 1.70. The summed E-state index contributed by atoms with van der Waals surface area (Å²) in [5.41, 5.74) is 0.784. The largest absolute Gasteiger partial charge is 0.507 e. The Morgan fingerprint density at radius 2 is 1.95 bits per heavy atom. The molecule has 3 heteroatoms. The second kappa shape index (κ2) is 5.47. The van der Waals surface area contributed by atoms with Gasteiger partial charge < -0.3 is 5.11 Å². The molecule has 1 aromatic heterocycles. The van der Waals surface area contributed by atoms with Gasteiger partial charge in [0.15, 0.2) is 0 Å². The van der Waals surface area contributed by atoms with Crippen LogP contribution in [0.2, 0.25) is 0 Å². The third kappa shape index (κ3) is 2.45. The maximum absolute atomic E-state index is 10.1. The minimum atomic E-state index is 0.105. The maximum Gasteiger partial charge on any atom is 0.124 e. The molecule has 0 saturated heterocycles. The van der Waals surface area contributed by atoms with Crippen LogP contribution in [-0.4, -0.2) is 11.3 Å². The Kier molecular flexibility index (Phi) is 3.52. The van der Waals surface area contributed by atoms with Crippen LogP contribution in [0.4, 0.5) is 0 Å². The lowest BCUT2D eigenvalue weighted by Gasteiger charge is -2.06. The van der Waals surface area contributed by atoms with E-state index >= 15 is 0 Å². The van der Waals surface area contributed by atoms with Crippen LogP contribution in [0.5, 0.6) is 5.75 Å². The molecule has 1 atom stereocenters. The molecular formula is C17H15NOS. The van der Waals surface area contributed by atoms with Crippen LogP contribution in [0.15, 0.2) is 58.9 Å². The monoisotopic (exact) mass is 281 g/mol. The number of aromatic hydroxyl groups is 1. The van der Waals surface area contributed by atoms with Crippen molar-refractivity contribution in [1.29, 1.82) is 0 Å². The lowest BCUT2D eigenvalue weighted by Crippen LogP contribution is -1.90. The van der Waals surface area contributed by atoms with Gasteiger partial charge in [0.05, 0.1) is 6.04 Å². The van der Waals surface area contributed by atoms with Gasteiger partial charge in [-0.2, -0.15) is 0 Å². The Hall–Kier alpha value is -2.13. The highest BCUT2D eigenvalue weighted by Gasteiger charge is 2.06. The molecule has 0 radical (unpaired) electrons. The van der Waals surface area contributed by atoms with Crippen LogP contribution in [0.3, 0.4) is 0 Å². The highest BCUT2D eigenvalue weighted by atomic mass is 32.1. The lowest BCUT2D eigenvalue weighted by molar-refractivity contribution is 0.475. The quantitative estimate of drug-likeness (QED) is 0.688. The summed E-state index contributed by atoms with van der Waals surface area (Å²) in [5, 5.41) is 14.2. The summed E-state index contributed by atoms with van der Waals surface area (Å²) in [5.74, 6) is 0.269. The number of rotatable bonds is 3. The molecule has 1 heterocycles. The Morgan fingerprint density at radius 3 is 2.75 bits per heavy atom. The molecule has 0 fully saturated rings. The molecule has 2 aromatic carbocycles. The highest BCUT2D eigenvalue weighted by Crippen LogP contribution is 2.27. The third-order valence-corrected chi connectivity index (χ3v) is 4.37. The second-order valence-electron chi connectivity index (χ2n) is 4.69. The van der Waals surface area contributed by atoms with Crippen LogP contribution in [0.1, 0.15) is 23.4 Å². The van der Waals surface area contributed by atoms with Gasteiger partial charge in [-0.25, -0.2) is 0 Å². The molecule has 2 nitrogen and oxygen atoms in total. The van der Waals surface area contributed by atoms with E-state index in [9.17, 15) is 5.11 Å². The minimum Gasteiger partial charge on any atom is -0.507 e. The molecule has 1 N–H and O–H groups in total. The van der Waals surface area contributed by atoms with E-state index in [1.807, 2.05) is 36.4 Å². The fourth-order valence-electron chi connectivity index (χ4n) is 2.21. The van der Waals surface area contributed by atoms with Crippen molar-refractivity contribution in [3.8, 4) is 5.75 Å². The van der Waals surface area contributed by atoms with E-state index in [0.717, 1.165) is 16.3 Å². The summed E-state index contributed by atoms with van der Waals surface area (Å²) in [6.07, 6.45) is 1.78. The first-order valence-electron chi connectivity index (χ1n) is 6.53. The van der Waals surface area contributed by atoms with E-state index in [-0.39, 0.29) is 11.8 Å². The topological polar surface area (TPSA) is 32.6 Å². The van der Waals surface area contributed by atoms with Crippen molar-refractivity contribution in [2.24, 2.45) is 4.99 Å². The molecule has 0 aliphatic heterocycles. The molecule has 0 unspecified atom stereocenters. The van der Waals surface area contributed by atoms with E-state index in [4.69, 9.17) is 0 Å². The SMILES string of the molecule is C[C@H](N=Cc1c(O)ccc2ccccc12)c1cccs1. The van der Waals surface area contributed by atoms with Gasteiger partial charge >= 0.3 is 0 Å². The Morgan fingerprint density at radius 1 is 1.10 bits per heavy atom. The third-order valence-electron chi connectivity index (χ3n) is 3.33. The highest BCUT2D eigenvalue weighted by molar-refractivity contribution is 7.10. The standard InChI is InChI=1S/C17H15NOS/c1-12(17-7-4-10-20-17)18-11-15-14-6-3-2-5-13(14)8-9-16(15)19/h2-12,19H,1H3/t12-/m0/s1. The van der Waals surface area contributed by atoms with E-state index in [2.05, 4.69) is 23.4 Å². The first-order chi connectivity index (χ1) is 9.75. The predicted octanol–water partition coefficient (Wildman–Crippen LogP) is 4.79. The smallest absolute Gasteiger partial charge is 0.124 e. The zero-order valence-corrected chi connectivity index (χ0v) is 12.0. The van der Waals surface area contributed by atoms with Crippen LogP contribution in [-0.2, 0) is 0 Å². The summed E-state index contributed by atoms with van der Waals surface area (Å²) in [6, 6.07) is 15.9. The number of phenols is 1. The second-order valence-corrected chi connectivity index (χ2v) is 5.67. The Labute approximate surface area is 122 Å². The van der Waals surface area contributed by atoms with Crippen molar-refractivity contribution in [2.75, 3.05) is 0 Å². The van der Waals surface area contributed by atoms with Gasteiger partial charge in [0.2, 0.25) is 0 Å². The zero-order chi connectivity index (χ0) is 13.9. The Balaban J connectivity index is 2.00. The van der Waals surface area contributed by atoms with E-state index in [1.54, 1.807) is 23.6 Å². The summed E-state index contributed by atoms with van der Waals surface area (Å²) in [6.45, 7) is 2.06. The fourth-order valence-corrected chi connectivity index (χ4v) is 2.94. The van der Waals surface area contributed by atoms with Crippen LogP contribution < -0.4 is 0 Å². The number of hydrogen-bond donors (Lipinski definition) is 1. The number of nitrogens with zero attached hydrogens (tertiary/aromatic N) is 1. The van der Waals surface area contributed by atoms with E-state index < -0.39 is 0 Å². The molecule has 0 aliphatic carbocycles. The number of phenolic OH excluding ortho intramolecular Hbond substituents is 1. The maximum atomic E-state index is 10.1. The van der Waals surface area contributed by atoms with Crippen molar-refractivity contribution in [2.45, 2.75) is 13.0 Å². The molecular weight excluding hydrogens is 266 g/mol. The number of aliphatic imine (C=N–C) groups is 1. The molecule has 0 aliphatic rings. The molecule has 0 saturated carbocycles. The molecule has 0 amide bonds. The molecule has 0 bridgehead atoms. The van der Waals surface area contributed by atoms with E-state index in [1.165, 1.54) is 4.88 Å². The van der Waals surface area contributed by atoms with Crippen LogP contribution in [0, 0.1) is 0 Å². The van der Waals surface area contributed by atoms with Crippen molar-refractivity contribution < 1.29 is 5.11 Å². The van der Waals surface area contributed by atoms with Crippen molar-refractivity contribution >= 4 is 28.3 Å². The summed E-state index contributed by atoms with van der Waals surface area (Å²) < 4.78 is 0. The number of benzene rings is 2. The molecule has 0 spiro atoms. The Bertz CT molecular complexity index is 747. The molecule has 3 rings (SSSR count). The minimum absolute atomic E-state index is 0.105. The number of fused-ring (bicyclic) bond motifs is 1. The average Bonchev–Trinajstić information content (AvgIpc) is 3.00. The van der Waals surface area contributed by atoms with Crippen molar-refractivity contribution in [3.05, 3.63) is 64.4 Å². The first kappa shape index (κ1) is 12.9. The van der Waals surface area contributed by atoms with Gasteiger partial charge in [-0.05, 0) is 35.2 Å². The van der Waals surface area contributed by atoms with Crippen LogP contribution >= 0.6 is 11.3 Å². The van der Waals surface area contributed by atoms with E-state index in [0.29, 0.717) is 0 Å². The average molecular weight is 281 g/mol. The van der Waals surface area contributed by atoms with Gasteiger partial charge in [-0.3, -0.25) is 4.99 Å². The summed E-state index contributed by atoms with van der Waals surface area (Å²) in [7, 11) is 0. The predicted molar refractivity (Wildman–Crippen MR) is 85.9 cm³/mol. The van der Waals surface area contributed by atoms with Gasteiger partial charge in [-0.1, -0.05) is 36.4 Å². The normalized spacial score (nSPS) is 13.1. The molecule has 20 heavy (non-hydrogen) atoms. The number of thiophene rings is 1. The molecule has 3 aromatic rings. The fraction of sp³-hybridized carbons (Fsp3) is 0.118. The zero-order valence-electron chi connectivity index (χ0n) is 11.2. The van der Waals surface area contributed by atoms with Gasteiger partial charge in [0, 0.05) is 16.7 Å².